The van der Waals surface area contributed by atoms with Crippen LogP contribution in [0.5, 0.6) is 0 Å². The largest absolute Gasteiger partial charge is 1.00 e. The molecule has 0 aromatic rings. The van der Waals surface area contributed by atoms with Gasteiger partial charge >= 0.3 is 24.8 Å². The van der Waals surface area contributed by atoms with Gasteiger partial charge in [-0.25, -0.2) is 4.79 Å². The zero-order valence-electron chi connectivity index (χ0n) is 9.72. The predicted octanol–water partition coefficient (Wildman–Crippen LogP) is -2.01. The van der Waals surface area contributed by atoms with Crippen molar-refractivity contribution in [2.45, 2.75) is 39.1 Å². The van der Waals surface area contributed by atoms with Crippen LogP contribution in [0.2, 0.25) is 13.1 Å². The summed E-state index contributed by atoms with van der Waals surface area (Å²) in [6, 6.07) is 0. The molecule has 0 saturated carbocycles. The maximum Gasteiger partial charge on any atom is 1.00 e. The van der Waals surface area contributed by atoms with E-state index in [9.17, 15) is 9.59 Å². The van der Waals surface area contributed by atoms with Crippen LogP contribution < -0.4 is 23.7 Å². The molecule has 0 aliphatic heterocycles. The van der Waals surface area contributed by atoms with Crippen molar-refractivity contribution in [2.24, 2.45) is 0 Å². The molecule has 0 amide bonds. The Labute approximate surface area is 98.8 Å². The summed E-state index contributed by atoms with van der Waals surface area (Å²) in [4.78, 5) is 22.7. The van der Waals surface area contributed by atoms with E-state index in [0.29, 0.717) is 12.0 Å². The topological polar surface area (TPSA) is 49.4 Å². The van der Waals surface area contributed by atoms with Crippen molar-refractivity contribution in [2.75, 3.05) is 0 Å². The van der Waals surface area contributed by atoms with E-state index in [1.807, 2.05) is 6.92 Å². The summed E-state index contributed by atoms with van der Waals surface area (Å²) in [7, 11) is -2.63. The van der Waals surface area contributed by atoms with Crippen LogP contribution in [0.25, 0.3) is 0 Å². The molecule has 0 fully saturated rings. The maximum absolute atomic E-state index is 11.6. The summed E-state index contributed by atoms with van der Waals surface area (Å²) in [6.07, 6.45) is 0.585. The second-order valence-electron chi connectivity index (χ2n) is 3.69. The van der Waals surface area contributed by atoms with Crippen LogP contribution in [0.1, 0.15) is 20.3 Å². The summed E-state index contributed by atoms with van der Waals surface area (Å²) in [5.41, 5.74) is -0.103. The molecule has 0 aliphatic carbocycles. The SMILES string of the molecule is C=C(C)C(=O)OC(CC)[Si](C)(C)[O-].[Li+]. The molecule has 0 rings (SSSR count). The zero-order chi connectivity index (χ0) is 10.6. The van der Waals surface area contributed by atoms with Crippen molar-refractivity contribution < 1.29 is 33.2 Å². The zero-order valence-corrected chi connectivity index (χ0v) is 10.7. The number of hydrogen-bond acceptors (Lipinski definition) is 3. The molecule has 0 spiro atoms. The summed E-state index contributed by atoms with van der Waals surface area (Å²) >= 11 is 0. The average Bonchev–Trinajstić information content (AvgIpc) is 1.96. The van der Waals surface area contributed by atoms with E-state index < -0.39 is 20.0 Å². The van der Waals surface area contributed by atoms with Crippen LogP contribution in [0.4, 0.5) is 0 Å². The van der Waals surface area contributed by atoms with Crippen LogP contribution >= 0.6 is 0 Å². The van der Waals surface area contributed by atoms with Gasteiger partial charge in [0.1, 0.15) is 0 Å². The average molecular weight is 208 g/mol. The van der Waals surface area contributed by atoms with Crippen LogP contribution in [-0.4, -0.2) is 20.0 Å². The minimum Gasteiger partial charge on any atom is -0.856 e. The Balaban J connectivity index is 0. The molecule has 0 aromatic heterocycles. The molecule has 0 aromatic carbocycles. The van der Waals surface area contributed by atoms with Gasteiger partial charge in [0.15, 0.2) is 0 Å². The van der Waals surface area contributed by atoms with Crippen molar-refractivity contribution in [3.05, 3.63) is 12.2 Å². The van der Waals surface area contributed by atoms with Crippen LogP contribution in [0, 0.1) is 0 Å². The van der Waals surface area contributed by atoms with Crippen LogP contribution in [0.3, 0.4) is 0 Å². The first-order valence-electron chi connectivity index (χ1n) is 4.36. The van der Waals surface area contributed by atoms with Crippen LogP contribution in [0.15, 0.2) is 12.2 Å². The van der Waals surface area contributed by atoms with Gasteiger partial charge in [-0.05, 0) is 21.7 Å². The molecule has 5 heteroatoms. The van der Waals surface area contributed by atoms with Gasteiger partial charge < -0.3 is 9.53 Å². The van der Waals surface area contributed by atoms with E-state index in [-0.39, 0.29) is 18.9 Å². The normalized spacial score (nSPS) is 12.6. The van der Waals surface area contributed by atoms with Gasteiger partial charge in [-0.2, -0.15) is 0 Å². The van der Waals surface area contributed by atoms with Crippen molar-refractivity contribution >= 4 is 14.3 Å². The third kappa shape index (κ3) is 5.66. The molecule has 14 heavy (non-hydrogen) atoms. The third-order valence-electron chi connectivity index (χ3n) is 1.74. The maximum atomic E-state index is 11.6. The van der Waals surface area contributed by atoms with E-state index in [4.69, 9.17) is 4.74 Å². The molecule has 0 heterocycles. The third-order valence-corrected chi connectivity index (χ3v) is 3.82. The Morgan fingerprint density at radius 1 is 1.57 bits per heavy atom. The van der Waals surface area contributed by atoms with Gasteiger partial charge in [0.25, 0.3) is 0 Å². The van der Waals surface area contributed by atoms with Crippen LogP contribution in [-0.2, 0) is 9.53 Å². The van der Waals surface area contributed by atoms with E-state index in [2.05, 4.69) is 6.58 Å². The fourth-order valence-electron chi connectivity index (χ4n) is 0.947. The molecular weight excluding hydrogens is 191 g/mol. The molecule has 0 N–H and O–H groups in total. The Kier molecular flexibility index (Phi) is 7.58. The minimum absolute atomic E-state index is 0. The number of ether oxygens (including phenoxy) is 1. The van der Waals surface area contributed by atoms with E-state index in [1.165, 1.54) is 0 Å². The summed E-state index contributed by atoms with van der Waals surface area (Å²) in [5, 5.41) is 0. The van der Waals surface area contributed by atoms with E-state index >= 15 is 0 Å². The number of carbonyl (C=O) groups is 1. The molecular formula is C9H17LiO3Si. The number of hydrogen-bond donors (Lipinski definition) is 0. The van der Waals surface area contributed by atoms with Gasteiger partial charge in [0.05, 0.1) is 5.73 Å². The van der Waals surface area contributed by atoms with E-state index in [1.54, 1.807) is 20.0 Å². The molecule has 76 valence electrons. The Hall–Kier alpha value is -0.0157. The second-order valence-corrected chi connectivity index (χ2v) is 7.54. The number of carbonyl (C=O) groups excluding carboxylic acids is 1. The van der Waals surface area contributed by atoms with Crippen molar-refractivity contribution in [3.8, 4) is 0 Å². The van der Waals surface area contributed by atoms with Crippen molar-refractivity contribution in [3.63, 3.8) is 0 Å². The summed E-state index contributed by atoms with van der Waals surface area (Å²) in [5.74, 6) is -0.455. The van der Waals surface area contributed by atoms with Gasteiger partial charge in [-0.1, -0.05) is 26.6 Å². The Morgan fingerprint density at radius 3 is 2.21 bits per heavy atom. The molecule has 0 radical (unpaired) electrons. The predicted molar refractivity (Wildman–Crippen MR) is 52.5 cm³/mol. The quantitative estimate of drug-likeness (QED) is 0.305. The molecule has 0 aliphatic rings. The fraction of sp³-hybridized carbons (Fsp3) is 0.667. The first-order chi connectivity index (χ1) is 5.79. The van der Waals surface area contributed by atoms with Crippen molar-refractivity contribution in [1.29, 1.82) is 0 Å². The fourth-order valence-corrected chi connectivity index (χ4v) is 2.32. The smallest absolute Gasteiger partial charge is 0.856 e. The molecule has 1 unspecified atom stereocenters. The Bertz CT molecular complexity index is 211. The molecule has 0 bridgehead atoms. The molecule has 0 saturated heterocycles. The molecule has 1 atom stereocenters. The van der Waals surface area contributed by atoms with Gasteiger partial charge in [0.2, 0.25) is 0 Å². The minimum atomic E-state index is -2.63. The summed E-state index contributed by atoms with van der Waals surface area (Å²) < 4.78 is 5.04. The number of rotatable bonds is 4. The van der Waals surface area contributed by atoms with E-state index in [0.717, 1.165) is 0 Å². The first-order valence-corrected chi connectivity index (χ1v) is 7.34. The standard InChI is InChI=1S/C9H17O3Si.Li/c1-6-8(13(4,5)11)12-9(10)7(2)3;/h8H,2,6H2,1,3-5H3;/q-1;+1. The van der Waals surface area contributed by atoms with Gasteiger partial charge in [-0.3, -0.25) is 0 Å². The van der Waals surface area contributed by atoms with Gasteiger partial charge in [-0.15, -0.1) is 0 Å². The second kappa shape index (κ2) is 6.46. The Morgan fingerprint density at radius 2 is 2.00 bits per heavy atom. The monoisotopic (exact) mass is 208 g/mol. The summed E-state index contributed by atoms with van der Waals surface area (Å²) in [6.45, 7) is 10.2. The van der Waals surface area contributed by atoms with Crippen molar-refractivity contribution in [1.82, 2.24) is 0 Å². The van der Waals surface area contributed by atoms with Gasteiger partial charge in [0, 0.05) is 5.57 Å². The number of esters is 1. The molecule has 3 nitrogen and oxygen atoms in total. The first kappa shape index (κ1) is 16.4.